The Balaban J connectivity index is 1.68. The van der Waals surface area contributed by atoms with Crippen molar-refractivity contribution in [3.8, 4) is 5.69 Å². The number of carbonyl (C=O) groups is 1. The summed E-state index contributed by atoms with van der Waals surface area (Å²) in [5.74, 6) is -0.354. The van der Waals surface area contributed by atoms with Gasteiger partial charge >= 0.3 is 0 Å². The zero-order valence-electron chi connectivity index (χ0n) is 14.1. The molecule has 134 valence electrons. The van der Waals surface area contributed by atoms with Crippen LogP contribution in [0.1, 0.15) is 15.9 Å². The molecule has 0 aliphatic rings. The number of sulfonamides is 1. The highest BCUT2D eigenvalue weighted by Crippen LogP contribution is 2.16. The number of hydrogen-bond donors (Lipinski definition) is 2. The van der Waals surface area contributed by atoms with Gasteiger partial charge in [0.2, 0.25) is 10.0 Å². The minimum absolute atomic E-state index is 0.251. The first-order chi connectivity index (χ1) is 12.4. The maximum Gasteiger partial charge on any atom is 0.253 e. The summed E-state index contributed by atoms with van der Waals surface area (Å²) in [6, 6.07) is 15.9. The Hall–Kier alpha value is -3.13. The van der Waals surface area contributed by atoms with Crippen LogP contribution in [0, 0.1) is 0 Å². The van der Waals surface area contributed by atoms with Crippen molar-refractivity contribution in [1.29, 1.82) is 0 Å². The molecule has 0 spiro atoms. The Labute approximate surface area is 151 Å². The van der Waals surface area contributed by atoms with Crippen molar-refractivity contribution >= 4 is 21.6 Å². The monoisotopic (exact) mass is 370 g/mol. The molecule has 0 saturated heterocycles. The van der Waals surface area contributed by atoms with Gasteiger partial charge in [0, 0.05) is 18.9 Å². The fraction of sp³-hybridized carbons (Fsp3) is 0.111. The molecule has 3 aromatic rings. The molecule has 1 heterocycles. The predicted molar refractivity (Wildman–Crippen MR) is 99.6 cm³/mol. The van der Waals surface area contributed by atoms with E-state index < -0.39 is 10.0 Å². The van der Waals surface area contributed by atoms with Gasteiger partial charge in [-0.15, -0.1) is 0 Å². The van der Waals surface area contributed by atoms with Crippen molar-refractivity contribution in [2.75, 3.05) is 11.0 Å². The van der Waals surface area contributed by atoms with Crippen molar-refractivity contribution in [2.24, 2.45) is 0 Å². The van der Waals surface area contributed by atoms with Gasteiger partial charge in [-0.25, -0.2) is 13.1 Å². The lowest BCUT2D eigenvalue weighted by atomic mass is 10.1. The summed E-state index contributed by atoms with van der Waals surface area (Å²) in [5, 5.41) is 6.96. The molecule has 0 bridgehead atoms. The molecule has 3 rings (SSSR count). The Morgan fingerprint density at radius 3 is 2.46 bits per heavy atom. The summed E-state index contributed by atoms with van der Waals surface area (Å²) in [6.45, 7) is 0.325. The smallest absolute Gasteiger partial charge is 0.253 e. The van der Waals surface area contributed by atoms with E-state index in [0.717, 1.165) is 17.5 Å². The van der Waals surface area contributed by atoms with Crippen LogP contribution in [0.4, 0.5) is 5.69 Å². The van der Waals surface area contributed by atoms with Gasteiger partial charge in [-0.3, -0.25) is 9.52 Å². The van der Waals surface area contributed by atoms with E-state index >= 15 is 0 Å². The van der Waals surface area contributed by atoms with Crippen LogP contribution in [0.3, 0.4) is 0 Å². The second-order valence-electron chi connectivity index (χ2n) is 5.72. The number of hydrogen-bond acceptors (Lipinski definition) is 4. The standard InChI is InChI=1S/C18H18N4O3S/c1-26(24,25)21-17-6-3-2-5-16(17)18(23)19-13-14-7-9-15(10-8-14)22-12-4-11-20-22/h2-12,21H,13H2,1H3,(H,19,23). The summed E-state index contributed by atoms with van der Waals surface area (Å²) < 4.78 is 27.0. The first-order valence-corrected chi connectivity index (χ1v) is 9.75. The summed E-state index contributed by atoms with van der Waals surface area (Å²) in [5.41, 5.74) is 2.36. The lowest BCUT2D eigenvalue weighted by Crippen LogP contribution is -2.24. The Morgan fingerprint density at radius 2 is 1.81 bits per heavy atom. The van der Waals surface area contributed by atoms with Crippen LogP contribution in [-0.2, 0) is 16.6 Å². The van der Waals surface area contributed by atoms with Gasteiger partial charge in [-0.2, -0.15) is 5.10 Å². The van der Waals surface area contributed by atoms with E-state index in [1.807, 2.05) is 36.5 Å². The highest BCUT2D eigenvalue weighted by atomic mass is 32.2. The first-order valence-electron chi connectivity index (χ1n) is 7.86. The number of para-hydroxylation sites is 1. The molecule has 1 amide bonds. The number of rotatable bonds is 6. The third-order valence-corrected chi connectivity index (χ3v) is 4.22. The second-order valence-corrected chi connectivity index (χ2v) is 7.47. The van der Waals surface area contributed by atoms with E-state index in [1.54, 1.807) is 35.1 Å². The number of nitrogens with zero attached hydrogens (tertiary/aromatic N) is 2. The summed E-state index contributed by atoms with van der Waals surface area (Å²) in [4.78, 5) is 12.4. The molecule has 2 N–H and O–H groups in total. The number of anilines is 1. The highest BCUT2D eigenvalue weighted by Gasteiger charge is 2.13. The molecule has 0 fully saturated rings. The lowest BCUT2D eigenvalue weighted by molar-refractivity contribution is 0.0952. The van der Waals surface area contributed by atoms with Gasteiger partial charge in [0.1, 0.15) is 0 Å². The number of aromatic nitrogens is 2. The Kier molecular flexibility index (Phi) is 5.04. The van der Waals surface area contributed by atoms with Crippen LogP contribution in [0.2, 0.25) is 0 Å². The third-order valence-electron chi connectivity index (χ3n) is 3.63. The fourth-order valence-electron chi connectivity index (χ4n) is 2.44. The van der Waals surface area contributed by atoms with Gasteiger partial charge < -0.3 is 5.32 Å². The normalized spacial score (nSPS) is 11.1. The highest BCUT2D eigenvalue weighted by molar-refractivity contribution is 7.92. The lowest BCUT2D eigenvalue weighted by Gasteiger charge is -2.11. The van der Waals surface area contributed by atoms with Crippen LogP contribution in [0.5, 0.6) is 0 Å². The largest absolute Gasteiger partial charge is 0.348 e. The molecule has 0 radical (unpaired) electrons. The maximum absolute atomic E-state index is 12.4. The Bertz CT molecular complexity index is 997. The molecule has 0 aliphatic carbocycles. The fourth-order valence-corrected chi connectivity index (χ4v) is 3.01. The summed E-state index contributed by atoms with van der Waals surface area (Å²) >= 11 is 0. The molecule has 26 heavy (non-hydrogen) atoms. The van der Waals surface area contributed by atoms with Gasteiger partial charge in [-0.1, -0.05) is 24.3 Å². The quantitative estimate of drug-likeness (QED) is 0.695. The van der Waals surface area contributed by atoms with Gasteiger partial charge in [-0.05, 0) is 35.9 Å². The SMILES string of the molecule is CS(=O)(=O)Nc1ccccc1C(=O)NCc1ccc(-n2cccn2)cc1. The van der Waals surface area contributed by atoms with Crippen molar-refractivity contribution < 1.29 is 13.2 Å². The zero-order chi connectivity index (χ0) is 18.6. The topological polar surface area (TPSA) is 93.1 Å². The first kappa shape index (κ1) is 17.7. The van der Waals surface area contributed by atoms with Crippen LogP contribution in [-0.4, -0.2) is 30.4 Å². The van der Waals surface area contributed by atoms with Crippen LogP contribution in [0.15, 0.2) is 67.0 Å². The third kappa shape index (κ3) is 4.48. The van der Waals surface area contributed by atoms with Crippen LogP contribution < -0.4 is 10.0 Å². The number of nitrogens with one attached hydrogen (secondary N) is 2. The average Bonchev–Trinajstić information content (AvgIpc) is 3.14. The van der Waals surface area contributed by atoms with Crippen LogP contribution in [0.25, 0.3) is 5.69 Å². The number of carbonyl (C=O) groups excluding carboxylic acids is 1. The summed E-state index contributed by atoms with van der Waals surface area (Å²) in [6.07, 6.45) is 4.60. The number of benzene rings is 2. The maximum atomic E-state index is 12.4. The van der Waals surface area contributed by atoms with E-state index in [2.05, 4.69) is 15.1 Å². The van der Waals surface area contributed by atoms with E-state index in [4.69, 9.17) is 0 Å². The minimum atomic E-state index is -3.46. The molecule has 2 aromatic carbocycles. The van der Waals surface area contributed by atoms with E-state index in [1.165, 1.54) is 0 Å². The van der Waals surface area contributed by atoms with E-state index in [9.17, 15) is 13.2 Å². The van der Waals surface area contributed by atoms with Crippen molar-refractivity contribution in [3.63, 3.8) is 0 Å². The minimum Gasteiger partial charge on any atom is -0.348 e. The van der Waals surface area contributed by atoms with Crippen molar-refractivity contribution in [1.82, 2.24) is 15.1 Å². The molecule has 0 aliphatic heterocycles. The molecule has 1 aromatic heterocycles. The van der Waals surface area contributed by atoms with Gasteiger partial charge in [0.05, 0.1) is 23.2 Å². The number of amides is 1. The molecule has 0 atom stereocenters. The summed E-state index contributed by atoms with van der Waals surface area (Å²) in [7, 11) is -3.46. The van der Waals surface area contributed by atoms with Crippen molar-refractivity contribution in [3.05, 3.63) is 78.1 Å². The molecule has 8 heteroatoms. The van der Waals surface area contributed by atoms with E-state index in [-0.39, 0.29) is 17.2 Å². The predicted octanol–water partition coefficient (Wildman–Crippen LogP) is 2.17. The molecule has 0 saturated carbocycles. The van der Waals surface area contributed by atoms with Gasteiger partial charge in [0.15, 0.2) is 0 Å². The second kappa shape index (κ2) is 7.40. The van der Waals surface area contributed by atoms with Crippen molar-refractivity contribution in [2.45, 2.75) is 6.54 Å². The molecular weight excluding hydrogens is 352 g/mol. The molecular formula is C18H18N4O3S. The Morgan fingerprint density at radius 1 is 1.08 bits per heavy atom. The average molecular weight is 370 g/mol. The molecule has 0 unspecified atom stereocenters. The molecule has 7 nitrogen and oxygen atoms in total. The van der Waals surface area contributed by atoms with E-state index in [0.29, 0.717) is 6.54 Å². The zero-order valence-corrected chi connectivity index (χ0v) is 14.9. The van der Waals surface area contributed by atoms with Crippen LogP contribution >= 0.6 is 0 Å². The van der Waals surface area contributed by atoms with Gasteiger partial charge in [0.25, 0.3) is 5.91 Å².